The Kier molecular flexibility index (Phi) is 5.33. The number of allylic oxidation sites excluding steroid dienone is 2. The molecule has 84 valence electrons. The topological polar surface area (TPSA) is 43.1 Å². The number of unbranched alkanes of at least 4 members (excludes halogenated alkanes) is 3. The first-order chi connectivity index (χ1) is 7.24. The molecular weight excluding hydrogens is 186 g/mol. The molecule has 1 aliphatic carbocycles. The van der Waals surface area contributed by atoms with Crippen molar-refractivity contribution in [2.24, 2.45) is 11.7 Å². The number of hydrogen-bond acceptors (Lipinski definition) is 2. The van der Waals surface area contributed by atoms with Crippen LogP contribution in [0.5, 0.6) is 0 Å². The zero-order valence-corrected chi connectivity index (χ0v) is 9.32. The Balaban J connectivity index is 2.09. The van der Waals surface area contributed by atoms with Gasteiger partial charge >= 0.3 is 0 Å². The maximum Gasteiger partial charge on any atom is 0.139 e. The summed E-state index contributed by atoms with van der Waals surface area (Å²) < 4.78 is 0. The maximum atomic E-state index is 11.7. The highest BCUT2D eigenvalue weighted by Crippen LogP contribution is 2.20. The van der Waals surface area contributed by atoms with Crippen LogP contribution in [0.15, 0.2) is 24.8 Å². The van der Waals surface area contributed by atoms with E-state index in [1.54, 1.807) is 0 Å². The summed E-state index contributed by atoms with van der Waals surface area (Å²) in [7, 11) is 0. The lowest BCUT2D eigenvalue weighted by Gasteiger charge is -2.07. The lowest BCUT2D eigenvalue weighted by atomic mass is 9.98. The van der Waals surface area contributed by atoms with Gasteiger partial charge in [-0.25, -0.2) is 0 Å². The molecule has 0 fully saturated rings. The Morgan fingerprint density at radius 2 is 2.20 bits per heavy atom. The van der Waals surface area contributed by atoms with Crippen molar-refractivity contribution >= 4 is 5.78 Å². The van der Waals surface area contributed by atoms with E-state index >= 15 is 0 Å². The second-order valence-corrected chi connectivity index (χ2v) is 4.25. The molecule has 15 heavy (non-hydrogen) atoms. The van der Waals surface area contributed by atoms with Gasteiger partial charge in [0.1, 0.15) is 5.78 Å². The van der Waals surface area contributed by atoms with Crippen molar-refractivity contribution in [1.29, 1.82) is 0 Å². The van der Waals surface area contributed by atoms with Gasteiger partial charge in [-0.2, -0.15) is 0 Å². The molecule has 2 heteroatoms. The van der Waals surface area contributed by atoms with Gasteiger partial charge in [-0.3, -0.25) is 4.79 Å². The van der Waals surface area contributed by atoms with Crippen LogP contribution in [0.1, 0.15) is 38.5 Å². The lowest BCUT2D eigenvalue weighted by molar-refractivity contribution is -0.121. The number of rotatable bonds is 7. The average molecular weight is 207 g/mol. The highest BCUT2D eigenvalue weighted by Gasteiger charge is 2.21. The molecule has 0 aromatic heterocycles. The minimum absolute atomic E-state index is 0.0967. The zero-order chi connectivity index (χ0) is 11.1. The largest absolute Gasteiger partial charge is 0.324 e. The van der Waals surface area contributed by atoms with Crippen LogP contribution in [0.3, 0.4) is 0 Å². The Morgan fingerprint density at radius 3 is 2.80 bits per heavy atom. The third-order valence-electron chi connectivity index (χ3n) is 2.86. The monoisotopic (exact) mass is 207 g/mol. The molecule has 0 saturated carbocycles. The zero-order valence-electron chi connectivity index (χ0n) is 9.32. The van der Waals surface area contributed by atoms with Crippen molar-refractivity contribution in [3.63, 3.8) is 0 Å². The van der Waals surface area contributed by atoms with Crippen LogP contribution < -0.4 is 5.73 Å². The molecule has 0 radical (unpaired) electrons. The molecular formula is C13H21NO. The average Bonchev–Trinajstić information content (AvgIpc) is 2.64. The van der Waals surface area contributed by atoms with Gasteiger partial charge in [-0.1, -0.05) is 24.6 Å². The van der Waals surface area contributed by atoms with Crippen LogP contribution in [-0.4, -0.2) is 11.8 Å². The van der Waals surface area contributed by atoms with Gasteiger partial charge in [0.25, 0.3) is 0 Å². The third-order valence-corrected chi connectivity index (χ3v) is 2.86. The fourth-order valence-electron chi connectivity index (χ4n) is 1.92. The SMILES string of the molecule is C=CCCCCCC(=O)C1C=CC(N)C1. The number of nitrogens with two attached hydrogens (primary N) is 1. The van der Waals surface area contributed by atoms with E-state index in [0.29, 0.717) is 12.2 Å². The number of ketones is 1. The summed E-state index contributed by atoms with van der Waals surface area (Å²) in [5.74, 6) is 0.456. The minimum atomic E-state index is 0.0967. The van der Waals surface area contributed by atoms with Crippen molar-refractivity contribution in [2.45, 2.75) is 44.6 Å². The molecule has 2 nitrogen and oxygen atoms in total. The van der Waals surface area contributed by atoms with E-state index in [0.717, 1.165) is 32.1 Å². The van der Waals surface area contributed by atoms with Crippen molar-refractivity contribution < 1.29 is 4.79 Å². The standard InChI is InChI=1S/C13H21NO/c1-2-3-4-5-6-7-13(15)11-8-9-12(14)10-11/h2,8-9,11-12H,1,3-7,10,14H2. The highest BCUT2D eigenvalue weighted by atomic mass is 16.1. The van der Waals surface area contributed by atoms with Gasteiger partial charge in [-0.05, 0) is 25.7 Å². The fraction of sp³-hybridized carbons (Fsp3) is 0.615. The molecule has 0 spiro atoms. The van der Waals surface area contributed by atoms with E-state index in [9.17, 15) is 4.79 Å². The van der Waals surface area contributed by atoms with Crippen LogP contribution in [0.2, 0.25) is 0 Å². The Morgan fingerprint density at radius 1 is 1.40 bits per heavy atom. The Hall–Kier alpha value is -0.890. The second kappa shape index (κ2) is 6.57. The fourth-order valence-corrected chi connectivity index (χ4v) is 1.92. The molecule has 1 rings (SSSR count). The molecule has 1 aliphatic rings. The Bertz CT molecular complexity index is 245. The number of carbonyl (C=O) groups excluding carboxylic acids is 1. The highest BCUT2D eigenvalue weighted by molar-refractivity contribution is 5.83. The molecule has 2 N–H and O–H groups in total. The van der Waals surface area contributed by atoms with Gasteiger partial charge in [0.05, 0.1) is 0 Å². The van der Waals surface area contributed by atoms with E-state index in [4.69, 9.17) is 5.73 Å². The molecule has 2 atom stereocenters. The molecule has 0 saturated heterocycles. The van der Waals surface area contributed by atoms with E-state index < -0.39 is 0 Å². The van der Waals surface area contributed by atoms with Crippen LogP contribution in [0.4, 0.5) is 0 Å². The molecule has 0 aliphatic heterocycles. The second-order valence-electron chi connectivity index (χ2n) is 4.25. The third kappa shape index (κ3) is 4.43. The first-order valence-electron chi connectivity index (χ1n) is 5.81. The predicted molar refractivity (Wildman–Crippen MR) is 63.5 cm³/mol. The molecule has 0 bridgehead atoms. The van der Waals surface area contributed by atoms with Gasteiger partial charge < -0.3 is 5.73 Å². The van der Waals surface area contributed by atoms with E-state index in [2.05, 4.69) is 6.58 Å². The first-order valence-corrected chi connectivity index (χ1v) is 5.81. The molecule has 0 heterocycles. The quantitative estimate of drug-likeness (QED) is 0.515. The summed E-state index contributed by atoms with van der Waals surface area (Å²) in [6.45, 7) is 3.67. The van der Waals surface area contributed by atoms with Gasteiger partial charge in [-0.15, -0.1) is 6.58 Å². The number of carbonyl (C=O) groups is 1. The summed E-state index contributed by atoms with van der Waals surface area (Å²) >= 11 is 0. The Labute approximate surface area is 92.2 Å². The minimum Gasteiger partial charge on any atom is -0.324 e. The number of hydrogen-bond donors (Lipinski definition) is 1. The van der Waals surface area contributed by atoms with E-state index in [1.165, 1.54) is 0 Å². The summed E-state index contributed by atoms with van der Waals surface area (Å²) in [4.78, 5) is 11.7. The lowest BCUT2D eigenvalue weighted by Crippen LogP contribution is -2.18. The van der Waals surface area contributed by atoms with E-state index in [-0.39, 0.29) is 12.0 Å². The van der Waals surface area contributed by atoms with Crippen molar-refractivity contribution in [3.05, 3.63) is 24.8 Å². The normalized spacial score (nSPS) is 24.3. The molecule has 0 aromatic carbocycles. The summed E-state index contributed by atoms with van der Waals surface area (Å²) in [6.07, 6.45) is 11.7. The predicted octanol–water partition coefficient (Wildman–Crippen LogP) is 2.60. The van der Waals surface area contributed by atoms with Gasteiger partial charge in [0.2, 0.25) is 0 Å². The summed E-state index contributed by atoms with van der Waals surface area (Å²) in [5.41, 5.74) is 5.71. The van der Waals surface area contributed by atoms with Crippen molar-refractivity contribution in [1.82, 2.24) is 0 Å². The summed E-state index contributed by atoms with van der Waals surface area (Å²) in [5, 5.41) is 0. The number of Topliss-reactive ketones (excluding diaryl/α,β-unsaturated/α-hetero) is 1. The van der Waals surface area contributed by atoms with Gasteiger partial charge in [0.15, 0.2) is 0 Å². The van der Waals surface area contributed by atoms with Crippen molar-refractivity contribution in [2.75, 3.05) is 0 Å². The van der Waals surface area contributed by atoms with Crippen LogP contribution in [-0.2, 0) is 4.79 Å². The maximum absolute atomic E-state index is 11.7. The smallest absolute Gasteiger partial charge is 0.139 e. The van der Waals surface area contributed by atoms with E-state index in [1.807, 2.05) is 18.2 Å². The van der Waals surface area contributed by atoms with Gasteiger partial charge in [0, 0.05) is 18.4 Å². The van der Waals surface area contributed by atoms with Crippen LogP contribution >= 0.6 is 0 Å². The molecule has 2 unspecified atom stereocenters. The first kappa shape index (κ1) is 12.2. The van der Waals surface area contributed by atoms with Crippen LogP contribution in [0, 0.1) is 5.92 Å². The molecule has 0 amide bonds. The molecule has 0 aromatic rings. The summed E-state index contributed by atoms with van der Waals surface area (Å²) in [6, 6.07) is 0.0970. The van der Waals surface area contributed by atoms with Crippen molar-refractivity contribution in [3.8, 4) is 0 Å². The van der Waals surface area contributed by atoms with Crippen LogP contribution in [0.25, 0.3) is 0 Å².